The summed E-state index contributed by atoms with van der Waals surface area (Å²) in [7, 11) is 0. The molecule has 6 heteroatoms. The van der Waals surface area contributed by atoms with Gasteiger partial charge in [-0.1, -0.05) is 26.0 Å². The third-order valence-electron chi connectivity index (χ3n) is 6.50. The number of benzene rings is 1. The van der Waals surface area contributed by atoms with Crippen LogP contribution in [0.5, 0.6) is 0 Å². The predicted molar refractivity (Wildman–Crippen MR) is 127 cm³/mol. The highest BCUT2D eigenvalue weighted by atomic mass is 35.5. The lowest BCUT2D eigenvalue weighted by atomic mass is 9.83. The van der Waals surface area contributed by atoms with Crippen LogP contribution in [-0.2, 0) is 9.53 Å². The normalized spacial score (nSPS) is 21.9. The van der Waals surface area contributed by atoms with Crippen molar-refractivity contribution < 1.29 is 14.3 Å². The van der Waals surface area contributed by atoms with E-state index in [0.717, 1.165) is 50.8 Å². The Balaban J connectivity index is 0.00000341. The summed E-state index contributed by atoms with van der Waals surface area (Å²) in [5.74, 6) is 1.52. The highest BCUT2D eigenvalue weighted by molar-refractivity contribution is 5.94. The molecule has 0 aromatic heterocycles. The van der Waals surface area contributed by atoms with E-state index in [4.69, 9.17) is 4.74 Å². The molecule has 174 valence electrons. The number of ether oxygens (including phenoxy) is 1. The molecule has 1 aromatic rings. The van der Waals surface area contributed by atoms with Gasteiger partial charge in [-0.05, 0) is 93.5 Å². The summed E-state index contributed by atoms with van der Waals surface area (Å²) in [4.78, 5) is 24.4. The highest BCUT2D eigenvalue weighted by Crippen LogP contribution is 2.29. The van der Waals surface area contributed by atoms with Gasteiger partial charge in [0.15, 0.2) is 0 Å². The van der Waals surface area contributed by atoms with Crippen LogP contribution < -0.4 is 10.6 Å². The minimum atomic E-state index is -0.0768. The SMILES string of the molecule is CC(C)COC(=O)CC[C@H]1CC[C@H](NC(=O)c2ccc(C3CCNCC3)cc2)CC1.Cl. The molecule has 1 amide bonds. The Labute approximate surface area is 193 Å². The largest absolute Gasteiger partial charge is 0.465 e. The molecule has 1 saturated carbocycles. The second kappa shape index (κ2) is 13.1. The minimum absolute atomic E-state index is 0. The molecule has 0 radical (unpaired) electrons. The summed E-state index contributed by atoms with van der Waals surface area (Å²) >= 11 is 0. The van der Waals surface area contributed by atoms with Gasteiger partial charge in [0.2, 0.25) is 0 Å². The third-order valence-corrected chi connectivity index (χ3v) is 6.50. The van der Waals surface area contributed by atoms with Gasteiger partial charge in [0, 0.05) is 18.0 Å². The van der Waals surface area contributed by atoms with Gasteiger partial charge < -0.3 is 15.4 Å². The van der Waals surface area contributed by atoms with Gasteiger partial charge in [-0.2, -0.15) is 0 Å². The van der Waals surface area contributed by atoms with Crippen LogP contribution in [-0.4, -0.2) is 37.6 Å². The summed E-state index contributed by atoms with van der Waals surface area (Å²) in [5, 5.41) is 6.61. The molecule has 2 fully saturated rings. The Bertz CT molecular complexity index is 679. The average molecular weight is 451 g/mol. The molecule has 0 spiro atoms. The van der Waals surface area contributed by atoms with Crippen LogP contribution in [0.1, 0.15) is 87.1 Å². The first-order chi connectivity index (χ1) is 14.5. The van der Waals surface area contributed by atoms with E-state index in [-0.39, 0.29) is 30.3 Å². The van der Waals surface area contributed by atoms with Crippen molar-refractivity contribution in [3.8, 4) is 0 Å². The molecule has 3 rings (SSSR count). The number of nitrogens with one attached hydrogen (secondary N) is 2. The van der Waals surface area contributed by atoms with Crippen molar-refractivity contribution in [2.24, 2.45) is 11.8 Å². The average Bonchev–Trinajstić information content (AvgIpc) is 2.78. The molecular weight excluding hydrogens is 412 g/mol. The minimum Gasteiger partial charge on any atom is -0.465 e. The first-order valence-corrected chi connectivity index (χ1v) is 11.8. The molecule has 1 aliphatic heterocycles. The fraction of sp³-hybridized carbons (Fsp3) is 0.680. The Kier molecular flexibility index (Phi) is 10.8. The van der Waals surface area contributed by atoms with Crippen LogP contribution in [0.15, 0.2) is 24.3 Å². The van der Waals surface area contributed by atoms with Crippen molar-refractivity contribution in [2.75, 3.05) is 19.7 Å². The quantitative estimate of drug-likeness (QED) is 0.556. The smallest absolute Gasteiger partial charge is 0.305 e. The van der Waals surface area contributed by atoms with Gasteiger partial charge in [0.25, 0.3) is 5.91 Å². The maximum absolute atomic E-state index is 12.6. The Hall–Kier alpha value is -1.59. The Morgan fingerprint density at radius 2 is 1.68 bits per heavy atom. The standard InChI is InChI=1S/C25H38N2O3.ClH/c1-18(2)17-30-24(28)12-5-19-3-10-23(11-4-19)27-25(29)22-8-6-20(7-9-22)21-13-15-26-16-14-21;/h6-9,18-19,21,23,26H,3-5,10-17H2,1-2H3,(H,27,29);1H/t19-,23-;. The maximum Gasteiger partial charge on any atom is 0.305 e. The lowest BCUT2D eigenvalue weighted by Crippen LogP contribution is -2.37. The fourth-order valence-electron chi connectivity index (χ4n) is 4.58. The van der Waals surface area contributed by atoms with Crippen molar-refractivity contribution in [1.82, 2.24) is 10.6 Å². The number of halogens is 1. The van der Waals surface area contributed by atoms with E-state index in [9.17, 15) is 9.59 Å². The van der Waals surface area contributed by atoms with Crippen molar-refractivity contribution >= 4 is 24.3 Å². The summed E-state index contributed by atoms with van der Waals surface area (Å²) < 4.78 is 5.27. The number of piperidine rings is 1. The van der Waals surface area contributed by atoms with Gasteiger partial charge >= 0.3 is 5.97 Å². The van der Waals surface area contributed by atoms with E-state index in [1.165, 1.54) is 18.4 Å². The van der Waals surface area contributed by atoms with Crippen molar-refractivity contribution in [3.05, 3.63) is 35.4 Å². The summed E-state index contributed by atoms with van der Waals surface area (Å²) in [6.07, 6.45) is 7.87. The van der Waals surface area contributed by atoms with Crippen LogP contribution in [0.3, 0.4) is 0 Å². The monoisotopic (exact) mass is 450 g/mol. The molecule has 0 unspecified atom stereocenters. The number of hydrogen-bond donors (Lipinski definition) is 2. The first-order valence-electron chi connectivity index (χ1n) is 11.8. The molecule has 1 aliphatic carbocycles. The second-order valence-electron chi connectivity index (χ2n) is 9.45. The lowest BCUT2D eigenvalue weighted by Gasteiger charge is -2.29. The zero-order valence-electron chi connectivity index (χ0n) is 19.0. The van der Waals surface area contributed by atoms with Crippen LogP contribution >= 0.6 is 12.4 Å². The Morgan fingerprint density at radius 1 is 1.03 bits per heavy atom. The number of carbonyl (C=O) groups excluding carboxylic acids is 2. The molecular formula is C25H39ClN2O3. The number of amides is 1. The second-order valence-corrected chi connectivity index (χ2v) is 9.45. The first kappa shape index (κ1) is 25.7. The molecule has 0 atom stereocenters. The zero-order chi connectivity index (χ0) is 21.3. The zero-order valence-corrected chi connectivity index (χ0v) is 19.8. The van der Waals surface area contributed by atoms with E-state index in [1.54, 1.807) is 0 Å². The molecule has 0 bridgehead atoms. The van der Waals surface area contributed by atoms with Gasteiger partial charge in [0.1, 0.15) is 0 Å². The van der Waals surface area contributed by atoms with Crippen LogP contribution in [0.4, 0.5) is 0 Å². The van der Waals surface area contributed by atoms with Crippen molar-refractivity contribution in [3.63, 3.8) is 0 Å². The molecule has 1 aromatic carbocycles. The lowest BCUT2D eigenvalue weighted by molar-refractivity contribution is -0.145. The van der Waals surface area contributed by atoms with Gasteiger partial charge in [-0.3, -0.25) is 9.59 Å². The van der Waals surface area contributed by atoms with Gasteiger partial charge in [0.05, 0.1) is 6.61 Å². The fourth-order valence-corrected chi connectivity index (χ4v) is 4.58. The number of rotatable bonds is 8. The van der Waals surface area contributed by atoms with Crippen LogP contribution in [0, 0.1) is 11.8 Å². The van der Waals surface area contributed by atoms with Crippen molar-refractivity contribution in [1.29, 1.82) is 0 Å². The molecule has 1 heterocycles. The third kappa shape index (κ3) is 8.46. The molecule has 31 heavy (non-hydrogen) atoms. The van der Waals surface area contributed by atoms with Crippen molar-refractivity contribution in [2.45, 2.75) is 77.2 Å². The number of carbonyl (C=O) groups is 2. The topological polar surface area (TPSA) is 67.4 Å². The van der Waals surface area contributed by atoms with E-state index >= 15 is 0 Å². The summed E-state index contributed by atoms with van der Waals surface area (Å²) in [5.41, 5.74) is 2.10. The summed E-state index contributed by atoms with van der Waals surface area (Å²) in [6.45, 7) is 6.76. The van der Waals surface area contributed by atoms with E-state index in [0.29, 0.717) is 30.8 Å². The van der Waals surface area contributed by atoms with Gasteiger partial charge in [-0.25, -0.2) is 0 Å². The molecule has 1 saturated heterocycles. The summed E-state index contributed by atoms with van der Waals surface area (Å²) in [6, 6.07) is 8.44. The van der Waals surface area contributed by atoms with E-state index in [2.05, 4.69) is 22.8 Å². The van der Waals surface area contributed by atoms with Crippen LogP contribution in [0.2, 0.25) is 0 Å². The maximum atomic E-state index is 12.6. The predicted octanol–water partition coefficient (Wildman–Crippen LogP) is 4.84. The number of esters is 1. The molecule has 5 nitrogen and oxygen atoms in total. The van der Waals surface area contributed by atoms with Gasteiger partial charge in [-0.15, -0.1) is 12.4 Å². The number of hydrogen-bond acceptors (Lipinski definition) is 4. The molecule has 2 N–H and O–H groups in total. The van der Waals surface area contributed by atoms with E-state index < -0.39 is 0 Å². The Morgan fingerprint density at radius 3 is 2.29 bits per heavy atom. The van der Waals surface area contributed by atoms with Crippen LogP contribution in [0.25, 0.3) is 0 Å². The molecule has 2 aliphatic rings. The highest BCUT2D eigenvalue weighted by Gasteiger charge is 2.24. The van der Waals surface area contributed by atoms with E-state index in [1.807, 2.05) is 26.0 Å².